The van der Waals surface area contributed by atoms with Gasteiger partial charge in [-0.3, -0.25) is 0 Å². The monoisotopic (exact) mass is 290 g/mol. The Kier molecular flexibility index (Phi) is 4.61. The van der Waals surface area contributed by atoms with E-state index in [-0.39, 0.29) is 0 Å². The smallest absolute Gasteiger partial charge is 0.0997 e. The summed E-state index contributed by atoms with van der Waals surface area (Å²) in [5.41, 5.74) is 4.09. The van der Waals surface area contributed by atoms with Gasteiger partial charge in [0.2, 0.25) is 0 Å². The average Bonchev–Trinajstić information content (AvgIpc) is 2.36. The molecule has 19 heavy (non-hydrogen) atoms. The quantitative estimate of drug-likeness (QED) is 0.495. The molecule has 2 nitrogen and oxygen atoms in total. The number of nitrogens with zero attached hydrogens (tertiary/aromatic N) is 2. The van der Waals surface area contributed by atoms with Crippen LogP contribution in [0.1, 0.15) is 11.1 Å². The Hall–Kier alpha value is -1.32. The van der Waals surface area contributed by atoms with E-state index < -0.39 is 0 Å². The molecule has 0 radical (unpaired) electrons. The third kappa shape index (κ3) is 3.58. The minimum absolute atomic E-state index is 0.668. The van der Waals surface area contributed by atoms with Gasteiger partial charge in [-0.05, 0) is 55.5 Å². The number of hydrogen-bond donors (Lipinski definition) is 0. The molecule has 0 N–H and O–H groups in total. The van der Waals surface area contributed by atoms with Crippen LogP contribution in [0.5, 0.6) is 0 Å². The highest BCUT2D eigenvalue weighted by Gasteiger charge is 2.05. The van der Waals surface area contributed by atoms with Gasteiger partial charge in [0, 0.05) is 9.92 Å². The topological polar surface area (TPSA) is 24.7 Å². The third-order valence-electron chi connectivity index (χ3n) is 2.68. The molecule has 0 aliphatic rings. The molecule has 0 saturated carbocycles. The van der Waals surface area contributed by atoms with Gasteiger partial charge in [0.1, 0.15) is 0 Å². The summed E-state index contributed by atoms with van der Waals surface area (Å²) in [6.07, 6.45) is 2.05. The zero-order valence-electron chi connectivity index (χ0n) is 11.1. The predicted octanol–water partition coefficient (Wildman–Crippen LogP) is 6.09. The second-order valence-corrected chi connectivity index (χ2v) is 5.57. The molecule has 0 spiro atoms. The summed E-state index contributed by atoms with van der Waals surface area (Å²) in [6, 6.07) is 11.6. The van der Waals surface area contributed by atoms with Crippen molar-refractivity contribution < 1.29 is 0 Å². The van der Waals surface area contributed by atoms with Crippen molar-refractivity contribution in [1.29, 1.82) is 0 Å². The zero-order chi connectivity index (χ0) is 13.8. The maximum Gasteiger partial charge on any atom is 0.0997 e. The third-order valence-corrected chi connectivity index (χ3v) is 3.86. The molecule has 0 aliphatic carbocycles. The number of thioether (sulfide) groups is 1. The van der Waals surface area contributed by atoms with E-state index in [1.807, 2.05) is 24.3 Å². The Morgan fingerprint density at radius 1 is 1.05 bits per heavy atom. The van der Waals surface area contributed by atoms with Gasteiger partial charge in [0.25, 0.3) is 0 Å². The van der Waals surface area contributed by atoms with E-state index in [1.165, 1.54) is 11.1 Å². The Labute approximate surface area is 122 Å². The molecule has 2 aromatic carbocycles. The first-order chi connectivity index (χ1) is 9.10. The number of benzene rings is 2. The molecule has 0 saturated heterocycles. The van der Waals surface area contributed by atoms with Crippen LogP contribution in [0, 0.1) is 13.8 Å². The van der Waals surface area contributed by atoms with Crippen molar-refractivity contribution in [2.24, 2.45) is 10.2 Å². The van der Waals surface area contributed by atoms with E-state index in [2.05, 4.69) is 36.4 Å². The minimum Gasteiger partial charge on any atom is -0.150 e. The molecule has 0 aliphatic heterocycles. The second kappa shape index (κ2) is 6.22. The first-order valence-corrected chi connectivity index (χ1v) is 7.53. The van der Waals surface area contributed by atoms with E-state index in [0.717, 1.165) is 16.3 Å². The van der Waals surface area contributed by atoms with Crippen molar-refractivity contribution in [3.63, 3.8) is 0 Å². The Bertz CT molecular complexity index is 624. The van der Waals surface area contributed by atoms with E-state index in [0.29, 0.717) is 5.02 Å². The molecular weight excluding hydrogens is 276 g/mol. The van der Waals surface area contributed by atoms with Crippen molar-refractivity contribution in [1.82, 2.24) is 0 Å². The predicted molar refractivity (Wildman–Crippen MR) is 83.3 cm³/mol. The lowest BCUT2D eigenvalue weighted by Gasteiger charge is -2.07. The van der Waals surface area contributed by atoms with Crippen LogP contribution >= 0.6 is 23.4 Å². The van der Waals surface area contributed by atoms with Crippen molar-refractivity contribution in [3.8, 4) is 0 Å². The van der Waals surface area contributed by atoms with Crippen LogP contribution in [-0.4, -0.2) is 6.26 Å². The molecule has 98 valence electrons. The summed E-state index contributed by atoms with van der Waals surface area (Å²) in [5, 5.41) is 9.28. The zero-order valence-corrected chi connectivity index (χ0v) is 12.7. The highest BCUT2D eigenvalue weighted by Crippen LogP contribution is 2.33. The van der Waals surface area contributed by atoms with Gasteiger partial charge < -0.3 is 0 Å². The van der Waals surface area contributed by atoms with E-state index in [4.69, 9.17) is 11.6 Å². The molecule has 0 atom stereocenters. The SMILES string of the molecule is CSc1c(C)cc(C)cc1N=Nc1cccc(Cl)c1. The second-order valence-electron chi connectivity index (χ2n) is 4.31. The molecule has 4 heteroatoms. The standard InChI is InChI=1S/C15H15ClN2S/c1-10-7-11(2)15(19-3)14(8-10)18-17-13-6-4-5-12(16)9-13/h4-9H,1-3H3. The maximum absolute atomic E-state index is 5.93. The van der Waals surface area contributed by atoms with Crippen molar-refractivity contribution in [2.45, 2.75) is 18.7 Å². The van der Waals surface area contributed by atoms with Crippen LogP contribution in [-0.2, 0) is 0 Å². The van der Waals surface area contributed by atoms with Gasteiger partial charge in [-0.1, -0.05) is 23.7 Å². The van der Waals surface area contributed by atoms with Crippen LogP contribution in [0.25, 0.3) is 0 Å². The molecule has 0 unspecified atom stereocenters. The average molecular weight is 291 g/mol. The molecule has 0 fully saturated rings. The fourth-order valence-corrected chi connectivity index (χ4v) is 2.80. The molecule has 0 amide bonds. The Morgan fingerprint density at radius 2 is 1.84 bits per heavy atom. The highest BCUT2D eigenvalue weighted by molar-refractivity contribution is 7.98. The molecule has 2 rings (SSSR count). The van der Waals surface area contributed by atoms with Crippen LogP contribution in [0.4, 0.5) is 11.4 Å². The van der Waals surface area contributed by atoms with Crippen LogP contribution < -0.4 is 0 Å². The van der Waals surface area contributed by atoms with Gasteiger partial charge in [-0.25, -0.2) is 0 Å². The molecule has 2 aromatic rings. The van der Waals surface area contributed by atoms with Gasteiger partial charge in [-0.2, -0.15) is 5.11 Å². The minimum atomic E-state index is 0.668. The van der Waals surface area contributed by atoms with Gasteiger partial charge in [0.15, 0.2) is 0 Å². The lowest BCUT2D eigenvalue weighted by Crippen LogP contribution is -1.82. The molecule has 0 heterocycles. The number of halogens is 1. The molecule has 0 bridgehead atoms. The number of rotatable bonds is 3. The number of aryl methyl sites for hydroxylation is 2. The van der Waals surface area contributed by atoms with E-state index >= 15 is 0 Å². The van der Waals surface area contributed by atoms with Gasteiger partial charge in [-0.15, -0.1) is 16.9 Å². The largest absolute Gasteiger partial charge is 0.150 e. The van der Waals surface area contributed by atoms with Crippen LogP contribution in [0.3, 0.4) is 0 Å². The Balaban J connectivity index is 2.38. The summed E-state index contributed by atoms with van der Waals surface area (Å²) >= 11 is 7.62. The summed E-state index contributed by atoms with van der Waals surface area (Å²) in [7, 11) is 0. The fourth-order valence-electron chi connectivity index (χ4n) is 1.92. The van der Waals surface area contributed by atoms with Crippen molar-refractivity contribution in [3.05, 3.63) is 52.5 Å². The first-order valence-electron chi connectivity index (χ1n) is 5.92. The van der Waals surface area contributed by atoms with Gasteiger partial charge in [0.05, 0.1) is 11.4 Å². The van der Waals surface area contributed by atoms with E-state index in [1.54, 1.807) is 17.8 Å². The summed E-state index contributed by atoms with van der Waals surface area (Å²) in [4.78, 5) is 1.16. The normalized spacial score (nSPS) is 11.2. The summed E-state index contributed by atoms with van der Waals surface area (Å²) in [6.45, 7) is 4.16. The first kappa shape index (κ1) is 14.1. The van der Waals surface area contributed by atoms with Crippen LogP contribution in [0.2, 0.25) is 5.02 Å². The lowest BCUT2D eigenvalue weighted by molar-refractivity contribution is 1.16. The summed E-state index contributed by atoms with van der Waals surface area (Å²) in [5.74, 6) is 0. The number of azo groups is 1. The van der Waals surface area contributed by atoms with Crippen molar-refractivity contribution >= 4 is 34.7 Å². The van der Waals surface area contributed by atoms with Crippen LogP contribution in [0.15, 0.2) is 51.5 Å². The fraction of sp³-hybridized carbons (Fsp3) is 0.200. The van der Waals surface area contributed by atoms with Crippen molar-refractivity contribution in [2.75, 3.05) is 6.26 Å². The Morgan fingerprint density at radius 3 is 2.53 bits per heavy atom. The summed E-state index contributed by atoms with van der Waals surface area (Å²) < 4.78 is 0. The molecular formula is C15H15ClN2S. The molecule has 0 aromatic heterocycles. The highest BCUT2D eigenvalue weighted by atomic mass is 35.5. The lowest BCUT2D eigenvalue weighted by atomic mass is 10.1. The number of hydrogen-bond acceptors (Lipinski definition) is 3. The van der Waals surface area contributed by atoms with Gasteiger partial charge >= 0.3 is 0 Å². The maximum atomic E-state index is 5.93. The van der Waals surface area contributed by atoms with E-state index in [9.17, 15) is 0 Å².